The zero-order valence-electron chi connectivity index (χ0n) is 13.7. The Morgan fingerprint density at radius 1 is 1.50 bits per heavy atom. The van der Waals surface area contributed by atoms with Crippen molar-refractivity contribution >= 4 is 6.09 Å². The van der Waals surface area contributed by atoms with Crippen LogP contribution >= 0.6 is 0 Å². The zero-order chi connectivity index (χ0) is 15.6. The van der Waals surface area contributed by atoms with E-state index in [2.05, 4.69) is 19.2 Å². The Morgan fingerprint density at radius 3 is 2.60 bits per heavy atom. The Kier molecular flexibility index (Phi) is 5.44. The average molecular weight is 286 g/mol. The molecular formula is C15H30N2O3. The van der Waals surface area contributed by atoms with Crippen LogP contribution in [0.4, 0.5) is 4.79 Å². The predicted molar refractivity (Wildman–Crippen MR) is 79.7 cm³/mol. The molecule has 1 fully saturated rings. The van der Waals surface area contributed by atoms with Gasteiger partial charge in [0.1, 0.15) is 5.60 Å². The van der Waals surface area contributed by atoms with Gasteiger partial charge in [-0.3, -0.25) is 0 Å². The quantitative estimate of drug-likeness (QED) is 0.833. The van der Waals surface area contributed by atoms with Crippen molar-refractivity contribution < 1.29 is 14.6 Å². The van der Waals surface area contributed by atoms with Crippen molar-refractivity contribution in [1.82, 2.24) is 10.2 Å². The van der Waals surface area contributed by atoms with Crippen LogP contribution in [0, 0.1) is 5.41 Å². The lowest BCUT2D eigenvalue weighted by molar-refractivity contribution is -0.0362. The van der Waals surface area contributed by atoms with Gasteiger partial charge in [0.05, 0.1) is 12.1 Å². The van der Waals surface area contributed by atoms with E-state index < -0.39 is 11.7 Å². The third-order valence-corrected chi connectivity index (χ3v) is 3.60. The molecule has 0 bridgehead atoms. The average Bonchev–Trinajstić information content (AvgIpc) is 2.25. The van der Waals surface area contributed by atoms with E-state index in [9.17, 15) is 9.90 Å². The van der Waals surface area contributed by atoms with Gasteiger partial charge in [-0.15, -0.1) is 0 Å². The molecule has 0 spiro atoms. The van der Waals surface area contributed by atoms with Gasteiger partial charge in [-0.05, 0) is 46.1 Å². The van der Waals surface area contributed by atoms with Crippen LogP contribution < -0.4 is 5.32 Å². The van der Waals surface area contributed by atoms with E-state index in [0.717, 1.165) is 12.8 Å². The van der Waals surface area contributed by atoms with Crippen LogP contribution in [-0.2, 0) is 4.74 Å². The smallest absolute Gasteiger partial charge is 0.410 e. The highest BCUT2D eigenvalue weighted by Crippen LogP contribution is 2.34. The Hall–Kier alpha value is -0.810. The van der Waals surface area contributed by atoms with Gasteiger partial charge in [0.15, 0.2) is 0 Å². The van der Waals surface area contributed by atoms with E-state index in [1.165, 1.54) is 0 Å². The molecule has 2 unspecified atom stereocenters. The molecule has 0 saturated carbocycles. The molecule has 2 atom stereocenters. The maximum absolute atomic E-state index is 12.4. The fourth-order valence-corrected chi connectivity index (χ4v) is 2.62. The Bertz CT molecular complexity index is 337. The van der Waals surface area contributed by atoms with Crippen molar-refractivity contribution in [2.45, 2.75) is 65.2 Å². The second-order valence-corrected chi connectivity index (χ2v) is 7.50. The minimum absolute atomic E-state index is 0.0623. The van der Waals surface area contributed by atoms with Crippen molar-refractivity contribution in [3.8, 4) is 0 Å². The summed E-state index contributed by atoms with van der Waals surface area (Å²) in [6, 6.07) is -0.176. The SMILES string of the molecule is CNCC(O)C1CCC(C)(C)CN1C(=O)OC(C)(C)C. The summed E-state index contributed by atoms with van der Waals surface area (Å²) in [5.41, 5.74) is -0.454. The van der Waals surface area contributed by atoms with Crippen LogP contribution in [0.3, 0.4) is 0 Å². The number of piperidine rings is 1. The minimum atomic E-state index is -0.566. The van der Waals surface area contributed by atoms with Crippen molar-refractivity contribution in [3.05, 3.63) is 0 Å². The van der Waals surface area contributed by atoms with E-state index in [0.29, 0.717) is 13.1 Å². The molecule has 0 aromatic rings. The Morgan fingerprint density at radius 2 is 2.10 bits per heavy atom. The third-order valence-electron chi connectivity index (χ3n) is 3.60. The first-order chi connectivity index (χ1) is 9.06. The summed E-state index contributed by atoms with van der Waals surface area (Å²) >= 11 is 0. The van der Waals surface area contributed by atoms with E-state index in [4.69, 9.17) is 4.74 Å². The summed E-state index contributed by atoms with van der Waals surface area (Å²) in [6.45, 7) is 11.0. The lowest BCUT2D eigenvalue weighted by Gasteiger charge is -2.45. The van der Waals surface area contributed by atoms with E-state index >= 15 is 0 Å². The number of nitrogens with one attached hydrogen (secondary N) is 1. The number of ether oxygens (including phenoxy) is 1. The number of carbonyl (C=O) groups excluding carboxylic acids is 1. The monoisotopic (exact) mass is 286 g/mol. The summed E-state index contributed by atoms with van der Waals surface area (Å²) < 4.78 is 5.48. The molecule has 20 heavy (non-hydrogen) atoms. The minimum Gasteiger partial charge on any atom is -0.444 e. The molecule has 0 radical (unpaired) electrons. The summed E-state index contributed by atoms with van der Waals surface area (Å²) in [6.07, 6.45) is 0.904. The lowest BCUT2D eigenvalue weighted by Crippen LogP contribution is -2.56. The fraction of sp³-hybridized carbons (Fsp3) is 0.933. The number of aliphatic hydroxyl groups is 1. The van der Waals surface area contributed by atoms with Gasteiger partial charge in [0.25, 0.3) is 0 Å². The molecule has 1 aliphatic rings. The molecule has 1 amide bonds. The van der Waals surface area contributed by atoms with Crippen molar-refractivity contribution in [3.63, 3.8) is 0 Å². The molecule has 1 aliphatic heterocycles. The Labute approximate surface area is 122 Å². The van der Waals surface area contributed by atoms with Crippen LogP contribution in [0.15, 0.2) is 0 Å². The molecule has 0 aromatic heterocycles. The normalized spacial score (nSPS) is 24.4. The van der Waals surface area contributed by atoms with Crippen LogP contribution in [0.25, 0.3) is 0 Å². The number of nitrogens with zero attached hydrogens (tertiary/aromatic N) is 1. The molecular weight excluding hydrogens is 256 g/mol. The van der Waals surface area contributed by atoms with E-state index in [1.807, 2.05) is 20.8 Å². The molecule has 0 aliphatic carbocycles. The van der Waals surface area contributed by atoms with E-state index in [1.54, 1.807) is 11.9 Å². The molecule has 2 N–H and O–H groups in total. The predicted octanol–water partition coefficient (Wildman–Crippen LogP) is 1.99. The first-order valence-corrected chi connectivity index (χ1v) is 7.38. The molecule has 118 valence electrons. The molecule has 5 nitrogen and oxygen atoms in total. The van der Waals surface area contributed by atoms with Crippen molar-refractivity contribution in [2.24, 2.45) is 5.41 Å². The summed E-state index contributed by atoms with van der Waals surface area (Å²) in [7, 11) is 1.80. The van der Waals surface area contributed by atoms with E-state index in [-0.39, 0.29) is 17.6 Å². The zero-order valence-corrected chi connectivity index (χ0v) is 13.7. The highest BCUT2D eigenvalue weighted by molar-refractivity contribution is 5.69. The summed E-state index contributed by atoms with van der Waals surface area (Å²) in [5.74, 6) is 0. The maximum Gasteiger partial charge on any atom is 0.410 e. The largest absolute Gasteiger partial charge is 0.444 e. The van der Waals surface area contributed by atoms with Gasteiger partial charge in [-0.2, -0.15) is 0 Å². The number of amides is 1. The number of hydrogen-bond donors (Lipinski definition) is 2. The fourth-order valence-electron chi connectivity index (χ4n) is 2.62. The number of likely N-dealkylation sites (tertiary alicyclic amines) is 1. The van der Waals surface area contributed by atoms with Gasteiger partial charge in [-0.25, -0.2) is 4.79 Å². The van der Waals surface area contributed by atoms with Crippen LogP contribution in [0.1, 0.15) is 47.5 Å². The van der Waals surface area contributed by atoms with Crippen LogP contribution in [0.5, 0.6) is 0 Å². The van der Waals surface area contributed by atoms with Gasteiger partial charge in [0.2, 0.25) is 0 Å². The second-order valence-electron chi connectivity index (χ2n) is 7.50. The van der Waals surface area contributed by atoms with Gasteiger partial charge in [0, 0.05) is 13.1 Å². The number of aliphatic hydroxyl groups excluding tert-OH is 1. The van der Waals surface area contributed by atoms with Crippen molar-refractivity contribution in [2.75, 3.05) is 20.1 Å². The highest BCUT2D eigenvalue weighted by Gasteiger charge is 2.40. The first kappa shape index (κ1) is 17.2. The van der Waals surface area contributed by atoms with Crippen LogP contribution in [0.2, 0.25) is 0 Å². The topological polar surface area (TPSA) is 61.8 Å². The lowest BCUT2D eigenvalue weighted by atomic mass is 9.80. The Balaban J connectivity index is 2.84. The molecule has 0 aromatic carbocycles. The van der Waals surface area contributed by atoms with Crippen LogP contribution in [-0.4, -0.2) is 54.0 Å². The molecule has 1 heterocycles. The summed E-state index contributed by atoms with van der Waals surface area (Å²) in [4.78, 5) is 14.1. The number of rotatable bonds is 3. The van der Waals surface area contributed by atoms with Gasteiger partial charge < -0.3 is 20.1 Å². The summed E-state index contributed by atoms with van der Waals surface area (Å²) in [5, 5.41) is 13.2. The maximum atomic E-state index is 12.4. The standard InChI is InChI=1S/C15H30N2O3/c1-14(2,3)20-13(19)17-10-15(4,5)8-7-11(17)12(18)9-16-6/h11-12,16,18H,7-10H2,1-6H3. The molecule has 1 saturated heterocycles. The molecule has 1 rings (SSSR count). The first-order valence-electron chi connectivity index (χ1n) is 7.38. The number of carbonyl (C=O) groups is 1. The highest BCUT2D eigenvalue weighted by atomic mass is 16.6. The molecule has 5 heteroatoms. The number of likely N-dealkylation sites (N-methyl/N-ethyl adjacent to an activating group) is 1. The van der Waals surface area contributed by atoms with Gasteiger partial charge >= 0.3 is 6.09 Å². The van der Waals surface area contributed by atoms with Crippen molar-refractivity contribution in [1.29, 1.82) is 0 Å². The second kappa shape index (κ2) is 6.31. The number of hydrogen-bond acceptors (Lipinski definition) is 4. The van der Waals surface area contributed by atoms with Gasteiger partial charge in [-0.1, -0.05) is 13.8 Å². The third kappa shape index (κ3) is 4.94.